The van der Waals surface area contributed by atoms with Gasteiger partial charge in [-0.1, -0.05) is 53.6 Å². The summed E-state index contributed by atoms with van der Waals surface area (Å²) in [6.45, 7) is 2.00. The maximum atomic E-state index is 11.8. The first-order valence-corrected chi connectivity index (χ1v) is 6.19. The largest absolute Gasteiger partial charge is 0.272 e. The van der Waals surface area contributed by atoms with Crippen LogP contribution in [-0.4, -0.2) is 12.1 Å². The zero-order chi connectivity index (χ0) is 13.7. The summed E-state index contributed by atoms with van der Waals surface area (Å²) in [5.74, 6) is -0.325. The van der Waals surface area contributed by atoms with E-state index in [1.54, 1.807) is 30.5 Å². The average molecular weight is 273 g/mol. The van der Waals surface area contributed by atoms with Crippen molar-refractivity contribution in [3.8, 4) is 0 Å². The molecule has 96 valence electrons. The van der Waals surface area contributed by atoms with Gasteiger partial charge < -0.3 is 0 Å². The molecule has 1 N–H and O–H groups in total. The fourth-order valence-electron chi connectivity index (χ4n) is 1.62. The molecule has 2 rings (SSSR count). The van der Waals surface area contributed by atoms with Crippen molar-refractivity contribution in [3.63, 3.8) is 0 Å². The third-order valence-corrected chi connectivity index (χ3v) is 2.87. The highest BCUT2D eigenvalue weighted by molar-refractivity contribution is 6.33. The van der Waals surface area contributed by atoms with Crippen molar-refractivity contribution in [2.45, 2.75) is 6.92 Å². The lowest BCUT2D eigenvalue weighted by atomic mass is 10.2. The third kappa shape index (κ3) is 3.66. The van der Waals surface area contributed by atoms with Crippen molar-refractivity contribution in [1.29, 1.82) is 0 Å². The summed E-state index contributed by atoms with van der Waals surface area (Å²) in [5.41, 5.74) is 4.93. The number of carbonyl (C=O) groups is 1. The summed E-state index contributed by atoms with van der Waals surface area (Å²) in [6.07, 6.45) is 1.60. The van der Waals surface area contributed by atoms with Crippen molar-refractivity contribution in [2.24, 2.45) is 5.10 Å². The molecule has 0 spiro atoms. The molecule has 0 aliphatic heterocycles. The van der Waals surface area contributed by atoms with E-state index in [-0.39, 0.29) is 5.91 Å². The van der Waals surface area contributed by atoms with E-state index in [0.717, 1.165) is 11.1 Å². The molecule has 0 radical (unpaired) electrons. The van der Waals surface area contributed by atoms with Gasteiger partial charge in [0, 0.05) is 0 Å². The van der Waals surface area contributed by atoms with Crippen LogP contribution in [0.2, 0.25) is 5.02 Å². The number of rotatable bonds is 3. The van der Waals surface area contributed by atoms with Crippen LogP contribution in [0, 0.1) is 6.92 Å². The predicted octanol–water partition coefficient (Wildman–Crippen LogP) is 3.41. The van der Waals surface area contributed by atoms with Gasteiger partial charge in [0.15, 0.2) is 0 Å². The second-order valence-electron chi connectivity index (χ2n) is 4.09. The zero-order valence-electron chi connectivity index (χ0n) is 10.4. The van der Waals surface area contributed by atoms with Crippen molar-refractivity contribution in [2.75, 3.05) is 0 Å². The van der Waals surface area contributed by atoms with E-state index in [1.165, 1.54) is 0 Å². The van der Waals surface area contributed by atoms with E-state index in [0.29, 0.717) is 10.6 Å². The highest BCUT2D eigenvalue weighted by atomic mass is 35.5. The van der Waals surface area contributed by atoms with Crippen LogP contribution < -0.4 is 5.43 Å². The molecular formula is C15H13ClN2O. The quantitative estimate of drug-likeness (QED) is 0.675. The van der Waals surface area contributed by atoms with E-state index in [1.807, 2.05) is 31.2 Å². The molecule has 0 aliphatic rings. The molecule has 0 aromatic heterocycles. The number of carbonyl (C=O) groups excluding carboxylic acids is 1. The van der Waals surface area contributed by atoms with E-state index in [2.05, 4.69) is 10.5 Å². The Balaban J connectivity index is 2.03. The van der Waals surface area contributed by atoms with Gasteiger partial charge in [-0.15, -0.1) is 0 Å². The molecule has 1 amide bonds. The molecule has 4 heteroatoms. The van der Waals surface area contributed by atoms with Gasteiger partial charge in [0.25, 0.3) is 5.91 Å². The number of halogens is 1. The summed E-state index contributed by atoms with van der Waals surface area (Å²) in [4.78, 5) is 11.8. The summed E-state index contributed by atoms with van der Waals surface area (Å²) < 4.78 is 0. The molecule has 0 atom stereocenters. The SMILES string of the molecule is Cc1cccc(C=NNC(=O)c2ccccc2Cl)c1. The van der Waals surface area contributed by atoms with Crippen LogP contribution in [0.25, 0.3) is 0 Å². The fourth-order valence-corrected chi connectivity index (χ4v) is 1.84. The minimum atomic E-state index is -0.325. The molecule has 0 unspecified atom stereocenters. The number of nitrogens with one attached hydrogen (secondary N) is 1. The summed E-state index contributed by atoms with van der Waals surface area (Å²) in [7, 11) is 0. The van der Waals surface area contributed by atoms with Crippen LogP contribution in [0.3, 0.4) is 0 Å². The molecule has 0 saturated heterocycles. The second kappa shape index (κ2) is 6.16. The molecule has 2 aromatic rings. The lowest BCUT2D eigenvalue weighted by molar-refractivity contribution is 0.0955. The molecule has 0 saturated carbocycles. The number of benzene rings is 2. The van der Waals surface area contributed by atoms with Crippen LogP contribution in [0.15, 0.2) is 53.6 Å². The van der Waals surface area contributed by atoms with Crippen LogP contribution in [0.4, 0.5) is 0 Å². The minimum Gasteiger partial charge on any atom is -0.267 e. The molecule has 0 bridgehead atoms. The Morgan fingerprint density at radius 1 is 1.21 bits per heavy atom. The molecule has 2 aromatic carbocycles. The highest BCUT2D eigenvalue weighted by Crippen LogP contribution is 2.14. The highest BCUT2D eigenvalue weighted by Gasteiger charge is 2.07. The Morgan fingerprint density at radius 3 is 2.74 bits per heavy atom. The number of aryl methyl sites for hydroxylation is 1. The smallest absolute Gasteiger partial charge is 0.267 e. The van der Waals surface area contributed by atoms with Crippen molar-refractivity contribution < 1.29 is 4.79 Å². The summed E-state index contributed by atoms with van der Waals surface area (Å²) in [6, 6.07) is 14.7. The normalized spacial score (nSPS) is 10.6. The van der Waals surface area contributed by atoms with Gasteiger partial charge in [0.2, 0.25) is 0 Å². The number of nitrogens with zero attached hydrogens (tertiary/aromatic N) is 1. The van der Waals surface area contributed by atoms with Gasteiger partial charge in [-0.3, -0.25) is 4.79 Å². The molecule has 19 heavy (non-hydrogen) atoms. The van der Waals surface area contributed by atoms with Gasteiger partial charge in [-0.05, 0) is 24.6 Å². The second-order valence-corrected chi connectivity index (χ2v) is 4.50. The van der Waals surface area contributed by atoms with E-state index >= 15 is 0 Å². The maximum Gasteiger partial charge on any atom is 0.272 e. The number of hydrogen-bond donors (Lipinski definition) is 1. The maximum absolute atomic E-state index is 11.8. The molecule has 0 fully saturated rings. The first-order valence-electron chi connectivity index (χ1n) is 5.81. The van der Waals surface area contributed by atoms with E-state index in [4.69, 9.17) is 11.6 Å². The van der Waals surface area contributed by atoms with Crippen molar-refractivity contribution in [1.82, 2.24) is 5.43 Å². The molecule has 0 heterocycles. The Labute approximate surface area is 116 Å². The van der Waals surface area contributed by atoms with Gasteiger partial charge in [-0.25, -0.2) is 5.43 Å². The van der Waals surface area contributed by atoms with Gasteiger partial charge in [0.1, 0.15) is 0 Å². The molecular weight excluding hydrogens is 260 g/mol. The molecule has 0 aliphatic carbocycles. The van der Waals surface area contributed by atoms with E-state index < -0.39 is 0 Å². The monoisotopic (exact) mass is 272 g/mol. The lowest BCUT2D eigenvalue weighted by Gasteiger charge is -2.01. The van der Waals surface area contributed by atoms with Crippen LogP contribution in [0.1, 0.15) is 21.5 Å². The minimum absolute atomic E-state index is 0.325. The topological polar surface area (TPSA) is 41.5 Å². The first-order chi connectivity index (χ1) is 9.16. The summed E-state index contributed by atoms with van der Waals surface area (Å²) >= 11 is 5.92. The van der Waals surface area contributed by atoms with Crippen molar-refractivity contribution >= 4 is 23.7 Å². The van der Waals surface area contributed by atoms with Crippen LogP contribution in [0.5, 0.6) is 0 Å². The Kier molecular flexibility index (Phi) is 4.31. The fraction of sp³-hybridized carbons (Fsp3) is 0.0667. The van der Waals surface area contributed by atoms with Crippen molar-refractivity contribution in [3.05, 3.63) is 70.2 Å². The standard InChI is InChI=1S/C15H13ClN2O/c1-11-5-4-6-12(9-11)10-17-18-15(19)13-7-2-3-8-14(13)16/h2-10H,1H3,(H,18,19). The molecule has 3 nitrogen and oxygen atoms in total. The Morgan fingerprint density at radius 2 is 2.00 bits per heavy atom. The Hall–Kier alpha value is -2.13. The van der Waals surface area contributed by atoms with E-state index in [9.17, 15) is 4.79 Å². The third-order valence-electron chi connectivity index (χ3n) is 2.54. The van der Waals surface area contributed by atoms with Crippen LogP contribution in [-0.2, 0) is 0 Å². The van der Waals surface area contributed by atoms with Gasteiger partial charge in [0.05, 0.1) is 16.8 Å². The number of hydrogen-bond acceptors (Lipinski definition) is 2. The number of hydrazone groups is 1. The van der Waals surface area contributed by atoms with Gasteiger partial charge >= 0.3 is 0 Å². The lowest BCUT2D eigenvalue weighted by Crippen LogP contribution is -2.17. The predicted molar refractivity (Wildman–Crippen MR) is 77.7 cm³/mol. The number of amides is 1. The van der Waals surface area contributed by atoms with Crippen LogP contribution >= 0.6 is 11.6 Å². The first kappa shape index (κ1) is 13.3. The summed E-state index contributed by atoms with van der Waals surface area (Å²) in [5, 5.41) is 4.33. The van der Waals surface area contributed by atoms with Gasteiger partial charge in [-0.2, -0.15) is 5.10 Å². The zero-order valence-corrected chi connectivity index (χ0v) is 11.2. The average Bonchev–Trinajstić information content (AvgIpc) is 2.39. The Bertz CT molecular complexity index is 623.